The van der Waals surface area contributed by atoms with E-state index in [1.165, 1.54) is 12.6 Å². The molecule has 6 heteroatoms. The molecule has 3 rings (SSSR count). The number of likely N-dealkylation sites (N-methyl/N-ethyl adjacent to an activating group) is 1. The van der Waals surface area contributed by atoms with Crippen molar-refractivity contribution in [3.8, 4) is 11.3 Å². The van der Waals surface area contributed by atoms with Gasteiger partial charge in [0.2, 0.25) is 5.91 Å². The molecule has 2 N–H and O–H groups in total. The van der Waals surface area contributed by atoms with E-state index in [2.05, 4.69) is 27.9 Å². The van der Waals surface area contributed by atoms with Crippen LogP contribution in [0.5, 0.6) is 0 Å². The molecule has 0 saturated heterocycles. The molecule has 0 aliphatic heterocycles. The Hall–Kier alpha value is -3.41. The minimum Gasteiger partial charge on any atom is -0.358 e. The molecule has 6 nitrogen and oxygen atoms in total. The molecule has 0 radical (unpaired) electrons. The molecule has 144 valence electrons. The van der Waals surface area contributed by atoms with Gasteiger partial charge in [-0.05, 0) is 19.4 Å². The number of aromatic nitrogens is 2. The first-order chi connectivity index (χ1) is 13.5. The van der Waals surface area contributed by atoms with Gasteiger partial charge in [0.25, 0.3) is 5.91 Å². The SMILES string of the molecule is CNC(=O)CNC(=O)c1cn(Cc2ccc(C)cc2)nc1-c1ccc(C)cc1. The summed E-state index contributed by atoms with van der Waals surface area (Å²) in [7, 11) is 1.53. The number of hydrogen-bond donors (Lipinski definition) is 2. The zero-order chi connectivity index (χ0) is 20.1. The van der Waals surface area contributed by atoms with Crippen molar-refractivity contribution in [2.75, 3.05) is 13.6 Å². The second-order valence-electron chi connectivity index (χ2n) is 6.80. The maximum absolute atomic E-state index is 12.7. The highest BCUT2D eigenvalue weighted by Crippen LogP contribution is 2.23. The predicted molar refractivity (Wildman–Crippen MR) is 109 cm³/mol. The summed E-state index contributed by atoms with van der Waals surface area (Å²) in [4.78, 5) is 24.2. The maximum Gasteiger partial charge on any atom is 0.255 e. The van der Waals surface area contributed by atoms with Crippen molar-refractivity contribution >= 4 is 11.8 Å². The van der Waals surface area contributed by atoms with Crippen LogP contribution in [0.2, 0.25) is 0 Å². The molecule has 0 aliphatic rings. The van der Waals surface area contributed by atoms with Gasteiger partial charge in [-0.2, -0.15) is 5.10 Å². The van der Waals surface area contributed by atoms with Crippen LogP contribution in [0.3, 0.4) is 0 Å². The van der Waals surface area contributed by atoms with Crippen LogP contribution in [-0.4, -0.2) is 35.2 Å². The van der Waals surface area contributed by atoms with E-state index in [0.29, 0.717) is 17.8 Å². The van der Waals surface area contributed by atoms with Crippen LogP contribution in [0.1, 0.15) is 27.0 Å². The Morgan fingerprint density at radius 2 is 1.57 bits per heavy atom. The Morgan fingerprint density at radius 1 is 0.964 bits per heavy atom. The van der Waals surface area contributed by atoms with Crippen molar-refractivity contribution in [3.05, 3.63) is 77.0 Å². The topological polar surface area (TPSA) is 76.0 Å². The number of amides is 2. The van der Waals surface area contributed by atoms with Gasteiger partial charge in [-0.25, -0.2) is 0 Å². The summed E-state index contributed by atoms with van der Waals surface area (Å²) in [5.74, 6) is -0.577. The van der Waals surface area contributed by atoms with Gasteiger partial charge in [0.05, 0.1) is 18.7 Å². The lowest BCUT2D eigenvalue weighted by atomic mass is 10.1. The van der Waals surface area contributed by atoms with Crippen molar-refractivity contribution < 1.29 is 9.59 Å². The Bertz CT molecular complexity index is 973. The van der Waals surface area contributed by atoms with Gasteiger partial charge in [0.15, 0.2) is 0 Å². The highest BCUT2D eigenvalue weighted by molar-refractivity contribution is 6.01. The summed E-state index contributed by atoms with van der Waals surface area (Å²) in [6.45, 7) is 4.53. The van der Waals surface area contributed by atoms with Crippen LogP contribution < -0.4 is 10.6 Å². The van der Waals surface area contributed by atoms with E-state index in [4.69, 9.17) is 0 Å². The average molecular weight is 376 g/mol. The van der Waals surface area contributed by atoms with Gasteiger partial charge in [-0.3, -0.25) is 14.3 Å². The van der Waals surface area contributed by atoms with Crippen LogP contribution in [0.25, 0.3) is 11.3 Å². The molecule has 0 bridgehead atoms. The minimum absolute atomic E-state index is 0.0776. The van der Waals surface area contributed by atoms with Crippen LogP contribution in [0, 0.1) is 13.8 Å². The van der Waals surface area contributed by atoms with E-state index < -0.39 is 0 Å². The minimum atomic E-state index is -0.325. The Kier molecular flexibility index (Phi) is 5.89. The third-order valence-corrected chi connectivity index (χ3v) is 4.48. The Balaban J connectivity index is 1.92. The number of benzene rings is 2. The van der Waals surface area contributed by atoms with Gasteiger partial charge in [0, 0.05) is 18.8 Å². The largest absolute Gasteiger partial charge is 0.358 e. The standard InChI is InChI=1S/C22H24N4O2/c1-15-4-8-17(9-5-15)13-26-14-19(22(28)24-12-20(27)23-3)21(25-26)18-10-6-16(2)7-11-18/h4-11,14H,12-13H2,1-3H3,(H,23,27)(H,24,28). The third-order valence-electron chi connectivity index (χ3n) is 4.48. The van der Waals surface area contributed by atoms with E-state index in [-0.39, 0.29) is 18.4 Å². The Morgan fingerprint density at radius 3 is 2.18 bits per heavy atom. The first-order valence-corrected chi connectivity index (χ1v) is 9.15. The third kappa shape index (κ3) is 4.65. The van der Waals surface area contributed by atoms with E-state index in [1.807, 2.05) is 50.2 Å². The second-order valence-corrected chi connectivity index (χ2v) is 6.80. The number of nitrogens with one attached hydrogen (secondary N) is 2. The molecular formula is C22H24N4O2. The first kappa shape index (κ1) is 19.4. The normalized spacial score (nSPS) is 10.5. The number of nitrogens with zero attached hydrogens (tertiary/aromatic N) is 2. The average Bonchev–Trinajstić information content (AvgIpc) is 3.12. The number of rotatable bonds is 6. The first-order valence-electron chi connectivity index (χ1n) is 9.15. The fourth-order valence-electron chi connectivity index (χ4n) is 2.82. The molecule has 0 unspecified atom stereocenters. The summed E-state index contributed by atoms with van der Waals surface area (Å²) in [5.41, 5.74) is 5.33. The number of aryl methyl sites for hydroxylation is 2. The molecule has 0 atom stereocenters. The van der Waals surface area contributed by atoms with Crippen molar-refractivity contribution in [2.45, 2.75) is 20.4 Å². The number of carbonyl (C=O) groups excluding carboxylic acids is 2. The van der Waals surface area contributed by atoms with Crippen LogP contribution in [-0.2, 0) is 11.3 Å². The highest BCUT2D eigenvalue weighted by atomic mass is 16.2. The van der Waals surface area contributed by atoms with Gasteiger partial charge in [-0.15, -0.1) is 0 Å². The van der Waals surface area contributed by atoms with Crippen molar-refractivity contribution in [1.82, 2.24) is 20.4 Å². The van der Waals surface area contributed by atoms with Gasteiger partial charge < -0.3 is 10.6 Å². The predicted octanol–water partition coefficient (Wildman–Crippen LogP) is 2.69. The molecule has 1 aromatic heterocycles. The molecule has 2 aromatic carbocycles. The summed E-state index contributed by atoms with van der Waals surface area (Å²) in [6.07, 6.45) is 1.73. The highest BCUT2D eigenvalue weighted by Gasteiger charge is 2.18. The lowest BCUT2D eigenvalue weighted by molar-refractivity contribution is -0.119. The molecule has 28 heavy (non-hydrogen) atoms. The van der Waals surface area contributed by atoms with Gasteiger partial charge >= 0.3 is 0 Å². The lowest BCUT2D eigenvalue weighted by Gasteiger charge is -2.05. The smallest absolute Gasteiger partial charge is 0.255 e. The number of carbonyl (C=O) groups is 2. The van der Waals surface area contributed by atoms with Crippen molar-refractivity contribution in [2.24, 2.45) is 0 Å². The summed E-state index contributed by atoms with van der Waals surface area (Å²) >= 11 is 0. The molecular weight excluding hydrogens is 352 g/mol. The summed E-state index contributed by atoms with van der Waals surface area (Å²) in [6, 6.07) is 16.1. The van der Waals surface area contributed by atoms with E-state index in [0.717, 1.165) is 16.7 Å². The summed E-state index contributed by atoms with van der Waals surface area (Å²) < 4.78 is 1.76. The Labute approximate surface area is 164 Å². The molecule has 1 heterocycles. The maximum atomic E-state index is 12.7. The van der Waals surface area contributed by atoms with Gasteiger partial charge in [-0.1, -0.05) is 59.7 Å². The lowest BCUT2D eigenvalue weighted by Crippen LogP contribution is -2.35. The molecule has 0 spiro atoms. The van der Waals surface area contributed by atoms with E-state index in [1.54, 1.807) is 10.9 Å². The quantitative estimate of drug-likeness (QED) is 0.694. The second kappa shape index (κ2) is 8.52. The van der Waals surface area contributed by atoms with Gasteiger partial charge in [0.1, 0.15) is 5.69 Å². The molecule has 2 amide bonds. The molecule has 0 aliphatic carbocycles. The summed E-state index contributed by atoms with van der Waals surface area (Å²) in [5, 5.41) is 9.80. The van der Waals surface area contributed by atoms with E-state index in [9.17, 15) is 9.59 Å². The monoisotopic (exact) mass is 376 g/mol. The zero-order valence-corrected chi connectivity index (χ0v) is 16.3. The fourth-order valence-corrected chi connectivity index (χ4v) is 2.82. The number of hydrogen-bond acceptors (Lipinski definition) is 3. The van der Waals surface area contributed by atoms with Crippen molar-refractivity contribution in [1.29, 1.82) is 0 Å². The fraction of sp³-hybridized carbons (Fsp3) is 0.227. The van der Waals surface area contributed by atoms with E-state index >= 15 is 0 Å². The molecule has 3 aromatic rings. The van der Waals surface area contributed by atoms with Crippen LogP contribution in [0.15, 0.2) is 54.7 Å². The van der Waals surface area contributed by atoms with Crippen molar-refractivity contribution in [3.63, 3.8) is 0 Å². The molecule has 0 saturated carbocycles. The van der Waals surface area contributed by atoms with Crippen LogP contribution in [0.4, 0.5) is 0 Å². The molecule has 0 fully saturated rings. The zero-order valence-electron chi connectivity index (χ0n) is 16.3. The van der Waals surface area contributed by atoms with Crippen LogP contribution >= 0.6 is 0 Å².